The molecule has 3 heterocycles. The van der Waals surface area contributed by atoms with E-state index in [9.17, 15) is 0 Å². The summed E-state index contributed by atoms with van der Waals surface area (Å²) < 4.78 is 6.17. The van der Waals surface area contributed by atoms with Crippen molar-refractivity contribution < 1.29 is 4.42 Å². The van der Waals surface area contributed by atoms with E-state index in [4.69, 9.17) is 4.42 Å². The Morgan fingerprint density at radius 2 is 1.70 bits per heavy atom. The van der Waals surface area contributed by atoms with Crippen LogP contribution in [0.3, 0.4) is 0 Å². The molecule has 27 heavy (non-hydrogen) atoms. The summed E-state index contributed by atoms with van der Waals surface area (Å²) in [6.07, 6.45) is 2.74. The Morgan fingerprint density at radius 3 is 2.56 bits per heavy atom. The van der Waals surface area contributed by atoms with Crippen LogP contribution in [0.25, 0.3) is 44.5 Å². The van der Waals surface area contributed by atoms with E-state index in [0.717, 1.165) is 45.3 Å². The topological polar surface area (TPSA) is 38.9 Å². The van der Waals surface area contributed by atoms with Gasteiger partial charge in [-0.15, -0.1) is 0 Å². The lowest BCUT2D eigenvalue weighted by molar-refractivity contribution is 0.652. The molecule has 3 aromatic heterocycles. The number of benzene rings is 2. The molecule has 0 aliphatic rings. The van der Waals surface area contributed by atoms with Crippen LogP contribution in [-0.4, -0.2) is 9.97 Å². The van der Waals surface area contributed by atoms with Gasteiger partial charge in [-0.25, -0.2) is 4.98 Å². The Labute approximate surface area is 157 Å². The largest absolute Gasteiger partial charge is 0.437 e. The molecule has 0 spiro atoms. The lowest BCUT2D eigenvalue weighted by atomic mass is 10.0. The smallest absolute Gasteiger partial charge is 0.227 e. The molecule has 0 amide bonds. The van der Waals surface area contributed by atoms with Crippen LogP contribution in [0.2, 0.25) is 0 Å². The highest BCUT2D eigenvalue weighted by atomic mass is 16.3. The van der Waals surface area contributed by atoms with Gasteiger partial charge in [-0.3, -0.25) is 4.98 Å². The highest BCUT2D eigenvalue weighted by Crippen LogP contribution is 2.35. The molecule has 0 N–H and O–H groups in total. The first-order valence-corrected chi connectivity index (χ1v) is 9.16. The molecule has 0 aliphatic heterocycles. The molecular formula is C24H18N2O. The van der Waals surface area contributed by atoms with Crippen LogP contribution in [0, 0.1) is 0 Å². The third kappa shape index (κ3) is 2.68. The van der Waals surface area contributed by atoms with Crippen LogP contribution in [-0.2, 0) is 6.42 Å². The Kier molecular flexibility index (Phi) is 3.72. The van der Waals surface area contributed by atoms with Crippen LogP contribution in [0.15, 0.2) is 83.4 Å². The molecule has 0 saturated carbocycles. The summed E-state index contributed by atoms with van der Waals surface area (Å²) >= 11 is 0. The summed E-state index contributed by atoms with van der Waals surface area (Å²) in [4.78, 5) is 9.25. The SMILES string of the molecule is CCc1ccc2c(n1)oc1c(-c3cc(-c4ccccc4)ccn3)cccc12. The van der Waals surface area contributed by atoms with E-state index in [2.05, 4.69) is 65.4 Å². The number of aryl methyl sites for hydroxylation is 1. The minimum Gasteiger partial charge on any atom is -0.437 e. The number of hydrogen-bond donors (Lipinski definition) is 0. The Balaban J connectivity index is 1.71. The molecular weight excluding hydrogens is 332 g/mol. The van der Waals surface area contributed by atoms with Crippen molar-refractivity contribution in [2.45, 2.75) is 13.3 Å². The number of para-hydroxylation sites is 1. The molecule has 0 aliphatic carbocycles. The van der Waals surface area contributed by atoms with E-state index < -0.39 is 0 Å². The third-order valence-electron chi connectivity index (χ3n) is 4.93. The van der Waals surface area contributed by atoms with E-state index in [-0.39, 0.29) is 0 Å². The quantitative estimate of drug-likeness (QED) is 0.385. The maximum absolute atomic E-state index is 6.17. The van der Waals surface area contributed by atoms with Crippen molar-refractivity contribution in [3.8, 4) is 22.4 Å². The average molecular weight is 350 g/mol. The number of pyridine rings is 2. The number of rotatable bonds is 3. The zero-order chi connectivity index (χ0) is 18.2. The van der Waals surface area contributed by atoms with Crippen molar-refractivity contribution in [2.24, 2.45) is 0 Å². The van der Waals surface area contributed by atoms with Gasteiger partial charge in [0.15, 0.2) is 0 Å². The average Bonchev–Trinajstić information content (AvgIpc) is 3.12. The number of furan rings is 1. The van der Waals surface area contributed by atoms with Crippen LogP contribution in [0.1, 0.15) is 12.6 Å². The standard InChI is InChI=1S/C24H18N2O/c1-2-18-11-12-20-19-9-6-10-21(23(19)27-24(20)26-18)22-15-17(13-14-25-22)16-7-4-3-5-8-16/h3-15H,2H2,1H3. The molecule has 5 rings (SSSR count). The monoisotopic (exact) mass is 350 g/mol. The van der Waals surface area contributed by atoms with E-state index in [1.54, 1.807) is 0 Å². The summed E-state index contributed by atoms with van der Waals surface area (Å²) in [6, 6.07) is 24.8. The van der Waals surface area contributed by atoms with Crippen molar-refractivity contribution in [1.29, 1.82) is 0 Å². The lowest BCUT2D eigenvalue weighted by Crippen LogP contribution is -1.86. The van der Waals surface area contributed by atoms with Crippen LogP contribution < -0.4 is 0 Å². The highest BCUT2D eigenvalue weighted by molar-refractivity contribution is 6.08. The van der Waals surface area contributed by atoms with Gasteiger partial charge in [-0.2, -0.15) is 0 Å². The van der Waals surface area contributed by atoms with E-state index in [1.807, 2.05) is 30.5 Å². The van der Waals surface area contributed by atoms with Gasteiger partial charge in [0.2, 0.25) is 5.71 Å². The second-order valence-corrected chi connectivity index (χ2v) is 6.59. The summed E-state index contributed by atoms with van der Waals surface area (Å²) in [5.41, 5.74) is 6.76. The van der Waals surface area contributed by atoms with Crippen molar-refractivity contribution in [3.05, 3.63) is 84.7 Å². The number of hydrogen-bond acceptors (Lipinski definition) is 3. The van der Waals surface area contributed by atoms with E-state index >= 15 is 0 Å². The summed E-state index contributed by atoms with van der Waals surface area (Å²) in [5, 5.41) is 2.12. The number of aromatic nitrogens is 2. The van der Waals surface area contributed by atoms with Gasteiger partial charge in [0.05, 0.1) is 5.69 Å². The van der Waals surface area contributed by atoms with Crippen molar-refractivity contribution in [1.82, 2.24) is 9.97 Å². The Morgan fingerprint density at radius 1 is 0.815 bits per heavy atom. The second kappa shape index (κ2) is 6.36. The van der Waals surface area contributed by atoms with Gasteiger partial charge in [0.1, 0.15) is 5.58 Å². The van der Waals surface area contributed by atoms with Gasteiger partial charge in [0.25, 0.3) is 0 Å². The molecule has 0 fully saturated rings. The van der Waals surface area contributed by atoms with Gasteiger partial charge in [-0.05, 0) is 47.9 Å². The minimum atomic E-state index is 0.691. The molecule has 0 atom stereocenters. The van der Waals surface area contributed by atoms with Crippen molar-refractivity contribution >= 4 is 22.1 Å². The Bertz CT molecular complexity index is 1260. The van der Waals surface area contributed by atoms with Crippen LogP contribution in [0.4, 0.5) is 0 Å². The first kappa shape index (κ1) is 15.8. The van der Waals surface area contributed by atoms with E-state index in [1.165, 1.54) is 5.56 Å². The predicted octanol–water partition coefficient (Wildman–Crippen LogP) is 6.27. The molecule has 130 valence electrons. The van der Waals surface area contributed by atoms with E-state index in [0.29, 0.717) is 5.71 Å². The fourth-order valence-corrected chi connectivity index (χ4v) is 3.50. The molecule has 5 aromatic rings. The van der Waals surface area contributed by atoms with Gasteiger partial charge >= 0.3 is 0 Å². The molecule has 3 heteroatoms. The van der Waals surface area contributed by atoms with Crippen LogP contribution >= 0.6 is 0 Å². The molecule has 0 bridgehead atoms. The molecule has 0 saturated heterocycles. The summed E-state index contributed by atoms with van der Waals surface area (Å²) in [6.45, 7) is 2.10. The normalized spacial score (nSPS) is 11.3. The van der Waals surface area contributed by atoms with Gasteiger partial charge in [-0.1, -0.05) is 49.4 Å². The zero-order valence-electron chi connectivity index (χ0n) is 15.0. The number of nitrogens with zero attached hydrogens (tertiary/aromatic N) is 2. The highest BCUT2D eigenvalue weighted by Gasteiger charge is 2.14. The van der Waals surface area contributed by atoms with Crippen molar-refractivity contribution in [2.75, 3.05) is 0 Å². The predicted molar refractivity (Wildman–Crippen MR) is 110 cm³/mol. The molecule has 2 aromatic carbocycles. The zero-order valence-corrected chi connectivity index (χ0v) is 15.0. The summed E-state index contributed by atoms with van der Waals surface area (Å²) in [7, 11) is 0. The third-order valence-corrected chi connectivity index (χ3v) is 4.93. The molecule has 0 radical (unpaired) electrons. The first-order chi connectivity index (χ1) is 13.3. The Hall–Kier alpha value is -3.46. The maximum atomic E-state index is 6.17. The van der Waals surface area contributed by atoms with Crippen molar-refractivity contribution in [3.63, 3.8) is 0 Å². The first-order valence-electron chi connectivity index (χ1n) is 9.16. The molecule has 3 nitrogen and oxygen atoms in total. The minimum absolute atomic E-state index is 0.691. The summed E-state index contributed by atoms with van der Waals surface area (Å²) in [5.74, 6) is 0. The van der Waals surface area contributed by atoms with Crippen LogP contribution in [0.5, 0.6) is 0 Å². The fraction of sp³-hybridized carbons (Fsp3) is 0.0833. The fourth-order valence-electron chi connectivity index (χ4n) is 3.50. The van der Waals surface area contributed by atoms with Gasteiger partial charge in [0, 0.05) is 28.2 Å². The second-order valence-electron chi connectivity index (χ2n) is 6.59. The lowest BCUT2D eigenvalue weighted by Gasteiger charge is -2.05. The van der Waals surface area contributed by atoms with Gasteiger partial charge < -0.3 is 4.42 Å². The maximum Gasteiger partial charge on any atom is 0.227 e. The molecule has 0 unspecified atom stereocenters. The number of fused-ring (bicyclic) bond motifs is 3.